The Morgan fingerprint density at radius 2 is 1.62 bits per heavy atom. The van der Waals surface area contributed by atoms with E-state index in [1.165, 1.54) is 11.1 Å². The highest BCUT2D eigenvalue weighted by atomic mass is 16.4. The van der Waals surface area contributed by atoms with Crippen molar-refractivity contribution in [2.45, 2.75) is 18.8 Å². The molecule has 2 N–H and O–H groups in total. The van der Waals surface area contributed by atoms with Crippen molar-refractivity contribution >= 4 is 5.97 Å². The lowest BCUT2D eigenvalue weighted by Gasteiger charge is -2.18. The lowest BCUT2D eigenvalue weighted by molar-refractivity contribution is -0.136. The van der Waals surface area contributed by atoms with Gasteiger partial charge in [-0.3, -0.25) is 4.79 Å². The third-order valence-electron chi connectivity index (χ3n) is 3.50. The van der Waals surface area contributed by atoms with Gasteiger partial charge in [-0.15, -0.1) is 0 Å². The molecule has 2 aromatic carbocycles. The fraction of sp³-hybridized carbons (Fsp3) is 0.278. The van der Waals surface area contributed by atoms with E-state index in [0.717, 1.165) is 13.0 Å². The maximum Gasteiger partial charge on any atom is 0.304 e. The van der Waals surface area contributed by atoms with Crippen LogP contribution >= 0.6 is 0 Å². The van der Waals surface area contributed by atoms with Crippen molar-refractivity contribution in [3.05, 3.63) is 71.8 Å². The number of hydrogen-bond donors (Lipinski definition) is 2. The minimum absolute atomic E-state index is 0.160. The van der Waals surface area contributed by atoms with Crippen LogP contribution < -0.4 is 5.32 Å². The second-order valence-corrected chi connectivity index (χ2v) is 5.15. The molecule has 0 aliphatic carbocycles. The predicted octanol–water partition coefficient (Wildman–Crippen LogP) is 3.08. The molecule has 0 heterocycles. The van der Waals surface area contributed by atoms with Gasteiger partial charge in [0.1, 0.15) is 0 Å². The molecule has 0 saturated heterocycles. The summed E-state index contributed by atoms with van der Waals surface area (Å²) in [4.78, 5) is 10.6. The topological polar surface area (TPSA) is 49.3 Å². The van der Waals surface area contributed by atoms with Crippen molar-refractivity contribution in [2.24, 2.45) is 0 Å². The maximum absolute atomic E-state index is 10.6. The van der Waals surface area contributed by atoms with Crippen molar-refractivity contribution in [1.29, 1.82) is 0 Å². The number of carboxylic acids is 1. The zero-order valence-corrected chi connectivity index (χ0v) is 12.0. The van der Waals surface area contributed by atoms with Crippen LogP contribution in [-0.4, -0.2) is 24.2 Å². The second-order valence-electron chi connectivity index (χ2n) is 5.15. The Kier molecular flexibility index (Phi) is 5.98. The first-order valence-electron chi connectivity index (χ1n) is 7.27. The average Bonchev–Trinajstić information content (AvgIpc) is 2.52. The Bertz CT molecular complexity index is 540. The lowest BCUT2D eigenvalue weighted by Crippen LogP contribution is -2.25. The zero-order valence-electron chi connectivity index (χ0n) is 12.0. The van der Waals surface area contributed by atoms with E-state index >= 15 is 0 Å². The number of hydrogen-bond acceptors (Lipinski definition) is 2. The molecule has 0 fully saturated rings. The largest absolute Gasteiger partial charge is 0.481 e. The summed E-state index contributed by atoms with van der Waals surface area (Å²) in [5.41, 5.74) is 2.58. The number of carboxylic acid groups (broad SMARTS) is 1. The molecule has 1 atom stereocenters. The lowest BCUT2D eigenvalue weighted by atomic mass is 9.92. The highest BCUT2D eigenvalue weighted by Crippen LogP contribution is 2.20. The Labute approximate surface area is 125 Å². The van der Waals surface area contributed by atoms with Crippen molar-refractivity contribution in [3.63, 3.8) is 0 Å². The van der Waals surface area contributed by atoms with E-state index in [1.54, 1.807) is 0 Å². The van der Waals surface area contributed by atoms with Crippen LogP contribution in [0.3, 0.4) is 0 Å². The van der Waals surface area contributed by atoms with Gasteiger partial charge in [-0.2, -0.15) is 0 Å². The number of aliphatic carboxylic acids is 1. The first kappa shape index (κ1) is 15.3. The average molecular weight is 283 g/mol. The van der Waals surface area contributed by atoms with Gasteiger partial charge >= 0.3 is 5.97 Å². The molecule has 3 heteroatoms. The molecule has 0 saturated carbocycles. The van der Waals surface area contributed by atoms with Gasteiger partial charge in [-0.1, -0.05) is 60.7 Å². The summed E-state index contributed by atoms with van der Waals surface area (Å²) < 4.78 is 0. The molecule has 0 aromatic heterocycles. The van der Waals surface area contributed by atoms with Crippen LogP contribution in [0.5, 0.6) is 0 Å². The van der Waals surface area contributed by atoms with Crippen LogP contribution in [0.15, 0.2) is 60.7 Å². The van der Waals surface area contributed by atoms with Crippen LogP contribution in [0.2, 0.25) is 0 Å². The summed E-state index contributed by atoms with van der Waals surface area (Å²) >= 11 is 0. The quantitative estimate of drug-likeness (QED) is 0.732. The van der Waals surface area contributed by atoms with Crippen molar-refractivity contribution in [2.75, 3.05) is 13.1 Å². The van der Waals surface area contributed by atoms with Gasteiger partial charge in [0.05, 0.1) is 6.42 Å². The molecule has 3 nitrogen and oxygen atoms in total. The molecule has 0 radical (unpaired) electrons. The summed E-state index contributed by atoms with van der Waals surface area (Å²) in [5, 5.41) is 11.9. The fourth-order valence-corrected chi connectivity index (χ4v) is 2.40. The van der Waals surface area contributed by atoms with Crippen LogP contribution in [0.4, 0.5) is 0 Å². The third kappa shape index (κ3) is 5.40. The molecule has 2 aromatic rings. The van der Waals surface area contributed by atoms with Gasteiger partial charge in [0.2, 0.25) is 0 Å². The van der Waals surface area contributed by atoms with Crippen LogP contribution in [0.1, 0.15) is 23.5 Å². The zero-order chi connectivity index (χ0) is 14.9. The van der Waals surface area contributed by atoms with Gasteiger partial charge < -0.3 is 10.4 Å². The molecule has 1 unspecified atom stereocenters. The summed E-state index contributed by atoms with van der Waals surface area (Å²) in [7, 11) is 0. The Hall–Kier alpha value is -2.13. The van der Waals surface area contributed by atoms with Gasteiger partial charge in [0.25, 0.3) is 0 Å². The standard InChI is InChI=1S/C18H21NO2/c20-18(21)11-12-19-14-17(16-9-5-2-6-10-16)13-15-7-3-1-4-8-15/h1-10,17,19H,11-14H2,(H,20,21). The Balaban J connectivity index is 1.99. The first-order valence-corrected chi connectivity index (χ1v) is 7.27. The van der Waals surface area contributed by atoms with E-state index in [0.29, 0.717) is 12.5 Å². The summed E-state index contributed by atoms with van der Waals surface area (Å²) in [5.74, 6) is -0.413. The van der Waals surface area contributed by atoms with Gasteiger partial charge in [0.15, 0.2) is 0 Å². The minimum atomic E-state index is -0.762. The summed E-state index contributed by atoms with van der Waals surface area (Å²) in [6.07, 6.45) is 1.11. The van der Waals surface area contributed by atoms with E-state index in [2.05, 4.69) is 41.7 Å². The molecule has 0 aliphatic rings. The minimum Gasteiger partial charge on any atom is -0.481 e. The molecule has 0 spiro atoms. The van der Waals surface area contributed by atoms with E-state index < -0.39 is 5.97 Å². The van der Waals surface area contributed by atoms with Gasteiger partial charge in [-0.05, 0) is 17.5 Å². The fourth-order valence-electron chi connectivity index (χ4n) is 2.40. The normalized spacial score (nSPS) is 12.0. The number of nitrogens with one attached hydrogen (secondary N) is 1. The monoisotopic (exact) mass is 283 g/mol. The van der Waals surface area contributed by atoms with Crippen LogP contribution in [0, 0.1) is 0 Å². The van der Waals surface area contributed by atoms with Crippen LogP contribution in [0.25, 0.3) is 0 Å². The number of benzene rings is 2. The second kappa shape index (κ2) is 8.22. The van der Waals surface area contributed by atoms with Crippen molar-refractivity contribution in [3.8, 4) is 0 Å². The molecule has 0 amide bonds. The molecule has 2 rings (SSSR count). The van der Waals surface area contributed by atoms with E-state index in [-0.39, 0.29) is 6.42 Å². The smallest absolute Gasteiger partial charge is 0.304 e. The van der Waals surface area contributed by atoms with E-state index in [9.17, 15) is 4.79 Å². The highest BCUT2D eigenvalue weighted by Gasteiger charge is 2.12. The molecule has 0 bridgehead atoms. The molecule has 21 heavy (non-hydrogen) atoms. The summed E-state index contributed by atoms with van der Waals surface area (Å²) in [6, 6.07) is 20.8. The molecule has 110 valence electrons. The molecule has 0 aliphatic heterocycles. The van der Waals surface area contributed by atoms with Gasteiger partial charge in [0, 0.05) is 19.0 Å². The van der Waals surface area contributed by atoms with Gasteiger partial charge in [-0.25, -0.2) is 0 Å². The molecular formula is C18H21NO2. The highest BCUT2D eigenvalue weighted by molar-refractivity contribution is 5.66. The summed E-state index contributed by atoms with van der Waals surface area (Å²) in [6.45, 7) is 1.29. The van der Waals surface area contributed by atoms with Crippen molar-refractivity contribution in [1.82, 2.24) is 5.32 Å². The first-order chi connectivity index (χ1) is 10.3. The third-order valence-corrected chi connectivity index (χ3v) is 3.50. The molecular weight excluding hydrogens is 262 g/mol. The van der Waals surface area contributed by atoms with Crippen LogP contribution in [-0.2, 0) is 11.2 Å². The predicted molar refractivity (Wildman–Crippen MR) is 84.5 cm³/mol. The number of carbonyl (C=O) groups is 1. The van der Waals surface area contributed by atoms with Crippen molar-refractivity contribution < 1.29 is 9.90 Å². The van der Waals surface area contributed by atoms with E-state index in [4.69, 9.17) is 5.11 Å². The SMILES string of the molecule is O=C(O)CCNCC(Cc1ccccc1)c1ccccc1. The number of rotatable bonds is 8. The Morgan fingerprint density at radius 1 is 1.00 bits per heavy atom. The Morgan fingerprint density at radius 3 is 2.24 bits per heavy atom. The van der Waals surface area contributed by atoms with E-state index in [1.807, 2.05) is 24.3 Å². The maximum atomic E-state index is 10.6.